The number of benzene rings is 2. The second-order valence-corrected chi connectivity index (χ2v) is 5.07. The van der Waals surface area contributed by atoms with Gasteiger partial charge >= 0.3 is 6.36 Å². The van der Waals surface area contributed by atoms with E-state index < -0.39 is 12.4 Å². The summed E-state index contributed by atoms with van der Waals surface area (Å²) < 4.78 is 41.2. The molecule has 1 unspecified atom stereocenters. The molecule has 1 atom stereocenters. The maximum Gasteiger partial charge on any atom is 0.573 e. The number of rotatable bonds is 3. The Bertz CT molecular complexity index is 646. The lowest BCUT2D eigenvalue weighted by molar-refractivity contribution is -0.274. The van der Waals surface area contributed by atoms with Crippen LogP contribution in [0.4, 0.5) is 13.2 Å². The van der Waals surface area contributed by atoms with Gasteiger partial charge in [-0.3, -0.25) is 0 Å². The first-order valence-electron chi connectivity index (χ1n) is 5.83. The number of nitrogens with two attached hydrogens (primary N) is 1. The summed E-state index contributed by atoms with van der Waals surface area (Å²) in [4.78, 5) is 0. The third-order valence-corrected chi connectivity index (χ3v) is 3.34. The molecule has 0 bridgehead atoms. The SMILES string of the molecule is NC(c1ccc(Cl)cc1Cl)c1ccccc1OC(F)(F)F. The standard InChI is InChI=1S/C14H10Cl2F3NO/c15-8-5-6-9(11(16)7-8)13(20)10-3-1-2-4-12(10)21-14(17,18)19/h1-7,13H,20H2. The molecule has 0 heterocycles. The minimum atomic E-state index is -4.79. The molecule has 0 saturated carbocycles. The number of halogens is 5. The van der Waals surface area contributed by atoms with Gasteiger partial charge in [-0.1, -0.05) is 47.5 Å². The molecule has 2 rings (SSSR count). The molecule has 0 aliphatic carbocycles. The summed E-state index contributed by atoms with van der Waals surface area (Å²) in [7, 11) is 0. The van der Waals surface area contributed by atoms with E-state index >= 15 is 0 Å². The fraction of sp³-hybridized carbons (Fsp3) is 0.143. The molecule has 0 aliphatic heterocycles. The van der Waals surface area contributed by atoms with Gasteiger partial charge in [0.05, 0.1) is 6.04 Å². The van der Waals surface area contributed by atoms with E-state index in [0.717, 1.165) is 0 Å². The average Bonchev–Trinajstić information content (AvgIpc) is 2.36. The lowest BCUT2D eigenvalue weighted by Crippen LogP contribution is -2.20. The average molecular weight is 336 g/mol. The molecule has 0 saturated heterocycles. The van der Waals surface area contributed by atoms with Gasteiger partial charge in [-0.05, 0) is 23.8 Å². The Morgan fingerprint density at radius 1 is 1.00 bits per heavy atom. The van der Waals surface area contributed by atoms with Crippen molar-refractivity contribution in [3.8, 4) is 5.75 Å². The van der Waals surface area contributed by atoms with Gasteiger partial charge in [-0.25, -0.2) is 0 Å². The van der Waals surface area contributed by atoms with Crippen molar-refractivity contribution in [3.63, 3.8) is 0 Å². The Hall–Kier alpha value is -1.43. The highest BCUT2D eigenvalue weighted by atomic mass is 35.5. The van der Waals surface area contributed by atoms with Crippen molar-refractivity contribution < 1.29 is 17.9 Å². The Morgan fingerprint density at radius 3 is 2.29 bits per heavy atom. The summed E-state index contributed by atoms with van der Waals surface area (Å²) in [5.41, 5.74) is 6.65. The highest BCUT2D eigenvalue weighted by Gasteiger charge is 2.32. The van der Waals surface area contributed by atoms with Crippen LogP contribution in [0.25, 0.3) is 0 Å². The molecule has 0 aliphatic rings. The lowest BCUT2D eigenvalue weighted by Gasteiger charge is -2.19. The number of para-hydroxylation sites is 1. The zero-order chi connectivity index (χ0) is 15.6. The molecule has 0 fully saturated rings. The molecule has 2 aromatic rings. The van der Waals surface area contributed by atoms with Crippen molar-refractivity contribution in [2.24, 2.45) is 5.73 Å². The van der Waals surface area contributed by atoms with Gasteiger partial charge < -0.3 is 10.5 Å². The zero-order valence-corrected chi connectivity index (χ0v) is 12.0. The first kappa shape index (κ1) is 15.9. The number of hydrogen-bond acceptors (Lipinski definition) is 2. The first-order chi connectivity index (χ1) is 9.78. The van der Waals surface area contributed by atoms with Crippen LogP contribution in [-0.4, -0.2) is 6.36 Å². The predicted molar refractivity (Wildman–Crippen MR) is 75.6 cm³/mol. The van der Waals surface area contributed by atoms with Gasteiger partial charge in [0.25, 0.3) is 0 Å². The molecule has 112 valence electrons. The van der Waals surface area contributed by atoms with E-state index in [-0.39, 0.29) is 16.3 Å². The molecular formula is C14H10Cl2F3NO. The maximum absolute atomic E-state index is 12.4. The van der Waals surface area contributed by atoms with E-state index in [9.17, 15) is 13.2 Å². The normalized spacial score (nSPS) is 13.0. The van der Waals surface area contributed by atoms with Gasteiger partial charge in [-0.15, -0.1) is 13.2 Å². The van der Waals surface area contributed by atoms with Gasteiger partial charge in [-0.2, -0.15) is 0 Å². The highest BCUT2D eigenvalue weighted by Crippen LogP contribution is 2.35. The molecule has 0 amide bonds. The highest BCUT2D eigenvalue weighted by molar-refractivity contribution is 6.35. The molecule has 0 aromatic heterocycles. The van der Waals surface area contributed by atoms with E-state index in [1.807, 2.05) is 0 Å². The van der Waals surface area contributed by atoms with Crippen molar-refractivity contribution in [2.75, 3.05) is 0 Å². The minimum absolute atomic E-state index is 0.180. The van der Waals surface area contributed by atoms with Crippen LogP contribution in [0.1, 0.15) is 17.2 Å². The largest absolute Gasteiger partial charge is 0.573 e. The molecule has 2 nitrogen and oxygen atoms in total. The van der Waals surface area contributed by atoms with Crippen molar-refractivity contribution in [1.29, 1.82) is 0 Å². The van der Waals surface area contributed by atoms with Crippen LogP contribution in [0.2, 0.25) is 10.0 Å². The summed E-state index contributed by atoms with van der Waals surface area (Å²) in [5, 5.41) is 0.688. The van der Waals surface area contributed by atoms with Gasteiger partial charge in [0.1, 0.15) is 5.75 Å². The molecule has 2 aromatic carbocycles. The first-order valence-corrected chi connectivity index (χ1v) is 6.59. The Labute approximate surface area is 129 Å². The fourth-order valence-corrected chi connectivity index (χ4v) is 2.40. The fourth-order valence-electron chi connectivity index (χ4n) is 1.88. The lowest BCUT2D eigenvalue weighted by atomic mass is 9.99. The molecule has 2 N–H and O–H groups in total. The molecular weight excluding hydrogens is 326 g/mol. The topological polar surface area (TPSA) is 35.2 Å². The van der Waals surface area contributed by atoms with Crippen molar-refractivity contribution in [1.82, 2.24) is 0 Å². The Balaban J connectivity index is 2.41. The zero-order valence-electron chi connectivity index (χ0n) is 10.5. The van der Waals surface area contributed by atoms with Crippen LogP contribution in [-0.2, 0) is 0 Å². The summed E-state index contributed by atoms with van der Waals surface area (Å²) in [6, 6.07) is 9.40. The maximum atomic E-state index is 12.4. The monoisotopic (exact) mass is 335 g/mol. The van der Waals surface area contributed by atoms with E-state index in [1.54, 1.807) is 18.2 Å². The van der Waals surface area contributed by atoms with Crippen molar-refractivity contribution >= 4 is 23.2 Å². The minimum Gasteiger partial charge on any atom is -0.405 e. The summed E-state index contributed by atoms with van der Waals surface area (Å²) in [6.07, 6.45) is -4.79. The van der Waals surface area contributed by atoms with Crippen molar-refractivity contribution in [3.05, 3.63) is 63.6 Å². The van der Waals surface area contributed by atoms with Crippen LogP contribution in [0.3, 0.4) is 0 Å². The third kappa shape index (κ3) is 4.03. The molecule has 21 heavy (non-hydrogen) atoms. The van der Waals surface area contributed by atoms with Crippen LogP contribution >= 0.6 is 23.2 Å². The van der Waals surface area contributed by atoms with Crippen molar-refractivity contribution in [2.45, 2.75) is 12.4 Å². The Morgan fingerprint density at radius 2 is 1.67 bits per heavy atom. The number of alkyl halides is 3. The molecule has 0 radical (unpaired) electrons. The predicted octanol–water partition coefficient (Wildman–Crippen LogP) is 4.94. The second-order valence-electron chi connectivity index (χ2n) is 4.23. The van der Waals surface area contributed by atoms with Crippen LogP contribution < -0.4 is 10.5 Å². The Kier molecular flexibility index (Phi) is 4.66. The van der Waals surface area contributed by atoms with Gasteiger partial charge in [0, 0.05) is 15.6 Å². The van der Waals surface area contributed by atoms with E-state index in [1.165, 1.54) is 24.3 Å². The van der Waals surface area contributed by atoms with Crippen LogP contribution in [0, 0.1) is 0 Å². The van der Waals surface area contributed by atoms with Gasteiger partial charge in [0.2, 0.25) is 0 Å². The number of ether oxygens (including phenoxy) is 1. The third-order valence-electron chi connectivity index (χ3n) is 2.78. The van der Waals surface area contributed by atoms with E-state index in [4.69, 9.17) is 28.9 Å². The van der Waals surface area contributed by atoms with Crippen LogP contribution in [0.15, 0.2) is 42.5 Å². The molecule has 7 heteroatoms. The van der Waals surface area contributed by atoms with E-state index in [0.29, 0.717) is 10.6 Å². The number of hydrogen-bond donors (Lipinski definition) is 1. The molecule has 0 spiro atoms. The van der Waals surface area contributed by atoms with Gasteiger partial charge in [0.15, 0.2) is 0 Å². The van der Waals surface area contributed by atoms with Crippen LogP contribution in [0.5, 0.6) is 5.75 Å². The van der Waals surface area contributed by atoms with E-state index in [2.05, 4.69) is 4.74 Å². The summed E-state index contributed by atoms with van der Waals surface area (Å²) in [5.74, 6) is -0.358. The quantitative estimate of drug-likeness (QED) is 0.862. The summed E-state index contributed by atoms with van der Waals surface area (Å²) >= 11 is 11.8. The smallest absolute Gasteiger partial charge is 0.405 e. The summed E-state index contributed by atoms with van der Waals surface area (Å²) in [6.45, 7) is 0. The second kappa shape index (κ2) is 6.13.